The van der Waals surface area contributed by atoms with Crippen molar-refractivity contribution in [1.29, 1.82) is 0 Å². The molecule has 1 aliphatic rings. The number of nitrogens with zero attached hydrogens (tertiary/aromatic N) is 2. The lowest BCUT2D eigenvalue weighted by atomic mass is 9.95. The van der Waals surface area contributed by atoms with Gasteiger partial charge in [-0.05, 0) is 37.5 Å². The predicted molar refractivity (Wildman–Crippen MR) is 88.7 cm³/mol. The Bertz CT molecular complexity index is 562. The molecule has 24 heavy (non-hydrogen) atoms. The van der Waals surface area contributed by atoms with Crippen LogP contribution in [0.1, 0.15) is 25.3 Å². The highest BCUT2D eigenvalue weighted by atomic mass is 19.1. The molecule has 1 heterocycles. The van der Waals surface area contributed by atoms with Crippen LogP contribution in [0.3, 0.4) is 0 Å². The normalized spacial score (nSPS) is 17.6. The van der Waals surface area contributed by atoms with Gasteiger partial charge in [-0.25, -0.2) is 4.39 Å². The van der Waals surface area contributed by atoms with E-state index in [1.807, 2.05) is 6.92 Å². The Hall–Kier alpha value is -1.95. The van der Waals surface area contributed by atoms with Gasteiger partial charge in [0.25, 0.3) is 0 Å². The van der Waals surface area contributed by atoms with Crippen molar-refractivity contribution in [2.45, 2.75) is 26.2 Å². The Morgan fingerprint density at radius 3 is 2.67 bits per heavy atom. The lowest BCUT2D eigenvalue weighted by Gasteiger charge is -2.34. The van der Waals surface area contributed by atoms with Gasteiger partial charge in [-0.15, -0.1) is 0 Å². The first kappa shape index (κ1) is 18.4. The zero-order chi connectivity index (χ0) is 17.5. The minimum absolute atomic E-state index is 0.00540. The van der Waals surface area contributed by atoms with Crippen LogP contribution in [-0.2, 0) is 16.0 Å². The highest BCUT2D eigenvalue weighted by Gasteiger charge is 2.30. The smallest absolute Gasteiger partial charge is 0.227 e. The number of carbonyl (C=O) groups is 2. The average molecular weight is 336 g/mol. The molecule has 0 aromatic heterocycles. The fraction of sp³-hybridized carbons (Fsp3) is 0.556. The van der Waals surface area contributed by atoms with E-state index in [-0.39, 0.29) is 36.6 Å². The number of aliphatic hydroxyl groups is 1. The van der Waals surface area contributed by atoms with E-state index < -0.39 is 0 Å². The van der Waals surface area contributed by atoms with E-state index in [9.17, 15) is 14.0 Å². The molecule has 0 aliphatic carbocycles. The van der Waals surface area contributed by atoms with Gasteiger partial charge < -0.3 is 14.9 Å². The molecule has 1 N–H and O–H groups in total. The Kier molecular flexibility index (Phi) is 6.73. The van der Waals surface area contributed by atoms with Crippen LogP contribution in [0, 0.1) is 11.7 Å². The molecule has 1 fully saturated rings. The van der Waals surface area contributed by atoms with Gasteiger partial charge in [-0.2, -0.15) is 0 Å². The van der Waals surface area contributed by atoms with Crippen LogP contribution in [0.5, 0.6) is 0 Å². The maximum absolute atomic E-state index is 12.9. The second kappa shape index (κ2) is 8.78. The predicted octanol–water partition coefficient (Wildman–Crippen LogP) is 1.45. The second-order valence-corrected chi connectivity index (χ2v) is 6.12. The Morgan fingerprint density at radius 1 is 1.33 bits per heavy atom. The molecule has 1 aliphatic heterocycles. The van der Waals surface area contributed by atoms with Crippen molar-refractivity contribution >= 4 is 11.8 Å². The van der Waals surface area contributed by atoms with Crippen LogP contribution in [0.15, 0.2) is 24.3 Å². The number of likely N-dealkylation sites (tertiary alicyclic amines) is 1. The van der Waals surface area contributed by atoms with E-state index in [1.54, 1.807) is 21.9 Å². The number of likely N-dealkylation sites (N-methyl/N-ethyl adjacent to an activating group) is 1. The summed E-state index contributed by atoms with van der Waals surface area (Å²) in [4.78, 5) is 28.3. The number of benzene rings is 1. The van der Waals surface area contributed by atoms with Gasteiger partial charge in [0, 0.05) is 26.2 Å². The van der Waals surface area contributed by atoms with Gasteiger partial charge in [0.1, 0.15) is 5.82 Å². The van der Waals surface area contributed by atoms with Gasteiger partial charge in [-0.1, -0.05) is 12.1 Å². The summed E-state index contributed by atoms with van der Waals surface area (Å²) in [5.41, 5.74) is 0.769. The van der Waals surface area contributed by atoms with Crippen LogP contribution in [-0.4, -0.2) is 59.5 Å². The summed E-state index contributed by atoms with van der Waals surface area (Å²) in [5, 5.41) is 9.05. The summed E-state index contributed by atoms with van der Waals surface area (Å²) < 4.78 is 12.9. The molecular weight excluding hydrogens is 311 g/mol. The van der Waals surface area contributed by atoms with E-state index in [1.165, 1.54) is 12.1 Å². The van der Waals surface area contributed by atoms with E-state index in [2.05, 4.69) is 0 Å². The first-order valence-corrected chi connectivity index (χ1v) is 8.47. The zero-order valence-electron chi connectivity index (χ0n) is 14.1. The Morgan fingerprint density at radius 2 is 2.04 bits per heavy atom. The molecule has 2 amide bonds. The first-order chi connectivity index (χ1) is 11.5. The first-order valence-electron chi connectivity index (χ1n) is 8.47. The lowest BCUT2D eigenvalue weighted by Crippen LogP contribution is -2.47. The zero-order valence-corrected chi connectivity index (χ0v) is 14.1. The van der Waals surface area contributed by atoms with Crippen molar-refractivity contribution < 1.29 is 19.1 Å². The average Bonchev–Trinajstić information content (AvgIpc) is 2.61. The largest absolute Gasteiger partial charge is 0.395 e. The molecule has 5 nitrogen and oxygen atoms in total. The van der Waals surface area contributed by atoms with Crippen molar-refractivity contribution in [2.75, 3.05) is 32.8 Å². The molecule has 0 spiro atoms. The molecule has 0 bridgehead atoms. The molecule has 132 valence electrons. The van der Waals surface area contributed by atoms with Gasteiger partial charge in [0.2, 0.25) is 11.8 Å². The summed E-state index contributed by atoms with van der Waals surface area (Å²) in [5.74, 6) is -0.559. The van der Waals surface area contributed by atoms with Gasteiger partial charge in [0.15, 0.2) is 0 Å². The quantitative estimate of drug-likeness (QED) is 0.855. The number of piperidine rings is 1. The number of amides is 2. The minimum atomic E-state index is -0.321. The van der Waals surface area contributed by atoms with Crippen LogP contribution < -0.4 is 0 Å². The highest BCUT2D eigenvalue weighted by Crippen LogP contribution is 2.20. The number of aliphatic hydroxyl groups excluding tert-OH is 1. The monoisotopic (exact) mass is 336 g/mol. The molecule has 1 aromatic carbocycles. The number of halogens is 1. The molecule has 1 atom stereocenters. The van der Waals surface area contributed by atoms with Crippen molar-refractivity contribution in [1.82, 2.24) is 9.80 Å². The third-order valence-electron chi connectivity index (χ3n) is 4.46. The topological polar surface area (TPSA) is 60.9 Å². The molecule has 1 aromatic rings. The van der Waals surface area contributed by atoms with Crippen LogP contribution in [0.25, 0.3) is 0 Å². The van der Waals surface area contributed by atoms with Crippen molar-refractivity contribution in [3.05, 3.63) is 35.6 Å². The standard InChI is InChI=1S/C18H25FN2O3/c1-2-20(10-11-22)18(24)15-4-3-9-21(13-15)17(23)12-14-5-7-16(19)8-6-14/h5-8,15,22H,2-4,9-13H2,1H3. The number of hydrogen-bond donors (Lipinski definition) is 1. The molecular formula is C18H25FN2O3. The van der Waals surface area contributed by atoms with Crippen LogP contribution in [0.4, 0.5) is 4.39 Å². The fourth-order valence-corrected chi connectivity index (χ4v) is 3.10. The maximum Gasteiger partial charge on any atom is 0.227 e. The van der Waals surface area contributed by atoms with Gasteiger partial charge in [-0.3, -0.25) is 9.59 Å². The number of hydrogen-bond acceptors (Lipinski definition) is 3. The minimum Gasteiger partial charge on any atom is -0.395 e. The van der Waals surface area contributed by atoms with E-state index >= 15 is 0 Å². The highest BCUT2D eigenvalue weighted by molar-refractivity contribution is 5.82. The molecule has 2 rings (SSSR count). The fourth-order valence-electron chi connectivity index (χ4n) is 3.10. The maximum atomic E-state index is 12.9. The Balaban J connectivity index is 1.95. The van der Waals surface area contributed by atoms with E-state index in [0.29, 0.717) is 26.2 Å². The summed E-state index contributed by atoms with van der Waals surface area (Å²) in [7, 11) is 0. The molecule has 0 saturated carbocycles. The second-order valence-electron chi connectivity index (χ2n) is 6.12. The van der Waals surface area contributed by atoms with Gasteiger partial charge in [0.05, 0.1) is 18.9 Å². The molecule has 1 unspecified atom stereocenters. The van der Waals surface area contributed by atoms with Crippen molar-refractivity contribution in [3.63, 3.8) is 0 Å². The number of carbonyl (C=O) groups excluding carboxylic acids is 2. The summed E-state index contributed by atoms with van der Waals surface area (Å²) >= 11 is 0. The van der Waals surface area contributed by atoms with E-state index in [4.69, 9.17) is 5.11 Å². The van der Waals surface area contributed by atoms with Crippen LogP contribution in [0.2, 0.25) is 0 Å². The van der Waals surface area contributed by atoms with Crippen molar-refractivity contribution in [3.8, 4) is 0 Å². The lowest BCUT2D eigenvalue weighted by molar-refractivity contribution is -0.140. The van der Waals surface area contributed by atoms with E-state index in [0.717, 1.165) is 18.4 Å². The summed E-state index contributed by atoms with van der Waals surface area (Å²) in [6, 6.07) is 5.91. The third kappa shape index (κ3) is 4.77. The molecule has 1 saturated heterocycles. The summed E-state index contributed by atoms with van der Waals surface area (Å²) in [6.45, 7) is 3.78. The molecule has 0 radical (unpaired) electrons. The Labute approximate surface area is 142 Å². The third-order valence-corrected chi connectivity index (χ3v) is 4.46. The van der Waals surface area contributed by atoms with Crippen LogP contribution >= 0.6 is 0 Å². The van der Waals surface area contributed by atoms with Gasteiger partial charge >= 0.3 is 0 Å². The summed E-state index contributed by atoms with van der Waals surface area (Å²) in [6.07, 6.45) is 1.78. The molecule has 6 heteroatoms. The SMILES string of the molecule is CCN(CCO)C(=O)C1CCCN(C(=O)Cc2ccc(F)cc2)C1. The number of rotatable bonds is 6. The van der Waals surface area contributed by atoms with Crippen molar-refractivity contribution in [2.24, 2.45) is 5.92 Å².